The molecule has 0 saturated heterocycles. The van der Waals surface area contributed by atoms with Crippen molar-refractivity contribution < 1.29 is 0 Å². The number of para-hydroxylation sites is 1. The Labute approximate surface area is 79.8 Å². The van der Waals surface area contributed by atoms with Gasteiger partial charge in [0.25, 0.3) is 0 Å². The highest BCUT2D eigenvalue weighted by Crippen LogP contribution is 2.26. The van der Waals surface area contributed by atoms with Crippen molar-refractivity contribution in [1.82, 2.24) is 0 Å². The molecule has 0 spiro atoms. The average Bonchev–Trinajstić information content (AvgIpc) is 2.16. The molecule has 0 aliphatic rings. The Balaban J connectivity index is 3.13. The van der Waals surface area contributed by atoms with Gasteiger partial charge in [-0.05, 0) is 18.6 Å². The maximum Gasteiger partial charge on any atom is 0.0417 e. The second-order valence-electron chi connectivity index (χ2n) is 3.05. The average molecular weight is 173 g/mol. The van der Waals surface area contributed by atoms with Crippen LogP contribution in [0.1, 0.15) is 12.5 Å². The van der Waals surface area contributed by atoms with E-state index in [1.165, 1.54) is 0 Å². The number of allylic oxidation sites excluding steroid dienone is 2. The van der Waals surface area contributed by atoms with E-state index in [1.807, 2.05) is 38.2 Å². The smallest absolute Gasteiger partial charge is 0.0417 e. The predicted octanol–water partition coefficient (Wildman–Crippen LogP) is 3.32. The van der Waals surface area contributed by atoms with E-state index in [-0.39, 0.29) is 0 Å². The Kier molecular flexibility index (Phi) is 2.91. The SMILES string of the molecule is C=C(C)C(=C)c1ccccc1NC. The number of hydrogen-bond donors (Lipinski definition) is 1. The monoisotopic (exact) mass is 173 g/mol. The summed E-state index contributed by atoms with van der Waals surface area (Å²) in [4.78, 5) is 0. The van der Waals surface area contributed by atoms with Crippen molar-refractivity contribution in [3.05, 3.63) is 48.6 Å². The van der Waals surface area contributed by atoms with Gasteiger partial charge in [-0.2, -0.15) is 0 Å². The molecule has 0 atom stereocenters. The molecule has 0 unspecified atom stereocenters. The lowest BCUT2D eigenvalue weighted by molar-refractivity contribution is 1.46. The summed E-state index contributed by atoms with van der Waals surface area (Å²) in [5, 5.41) is 3.13. The van der Waals surface area contributed by atoms with E-state index in [0.717, 1.165) is 22.4 Å². The fraction of sp³-hybridized carbons (Fsp3) is 0.167. The summed E-state index contributed by atoms with van der Waals surface area (Å²) >= 11 is 0. The van der Waals surface area contributed by atoms with E-state index in [2.05, 4.69) is 18.5 Å². The van der Waals surface area contributed by atoms with Crippen molar-refractivity contribution in [3.63, 3.8) is 0 Å². The van der Waals surface area contributed by atoms with Crippen LogP contribution in [0.4, 0.5) is 5.69 Å². The molecule has 0 fully saturated rings. The molecule has 1 N–H and O–H groups in total. The molecule has 13 heavy (non-hydrogen) atoms. The lowest BCUT2D eigenvalue weighted by Crippen LogP contribution is -1.94. The summed E-state index contributed by atoms with van der Waals surface area (Å²) in [7, 11) is 1.91. The first-order chi connectivity index (χ1) is 6.16. The molecular formula is C12H15N. The van der Waals surface area contributed by atoms with Crippen molar-refractivity contribution in [2.24, 2.45) is 0 Å². The zero-order valence-corrected chi connectivity index (χ0v) is 8.22. The predicted molar refractivity (Wildman–Crippen MR) is 59.8 cm³/mol. The quantitative estimate of drug-likeness (QED) is 0.691. The fourth-order valence-corrected chi connectivity index (χ4v) is 1.19. The van der Waals surface area contributed by atoms with Crippen LogP contribution in [-0.2, 0) is 0 Å². The first-order valence-corrected chi connectivity index (χ1v) is 4.28. The van der Waals surface area contributed by atoms with Gasteiger partial charge in [-0.1, -0.05) is 36.9 Å². The number of hydrogen-bond acceptors (Lipinski definition) is 1. The molecule has 0 amide bonds. The second kappa shape index (κ2) is 3.94. The lowest BCUT2D eigenvalue weighted by Gasteiger charge is -2.10. The van der Waals surface area contributed by atoms with Gasteiger partial charge < -0.3 is 5.32 Å². The van der Waals surface area contributed by atoms with Gasteiger partial charge in [-0.25, -0.2) is 0 Å². The van der Waals surface area contributed by atoms with Crippen LogP contribution in [0, 0.1) is 0 Å². The van der Waals surface area contributed by atoms with E-state index in [4.69, 9.17) is 0 Å². The van der Waals surface area contributed by atoms with Crippen molar-refractivity contribution in [3.8, 4) is 0 Å². The number of rotatable bonds is 3. The van der Waals surface area contributed by atoms with E-state index >= 15 is 0 Å². The minimum absolute atomic E-state index is 0.991. The molecule has 1 aromatic rings. The molecule has 0 heterocycles. The highest BCUT2D eigenvalue weighted by atomic mass is 14.8. The van der Waals surface area contributed by atoms with Gasteiger partial charge in [0, 0.05) is 18.3 Å². The van der Waals surface area contributed by atoms with Gasteiger partial charge in [-0.15, -0.1) is 0 Å². The largest absolute Gasteiger partial charge is 0.388 e. The van der Waals surface area contributed by atoms with Gasteiger partial charge >= 0.3 is 0 Å². The zero-order valence-electron chi connectivity index (χ0n) is 8.22. The first kappa shape index (κ1) is 9.59. The van der Waals surface area contributed by atoms with E-state index in [0.29, 0.717) is 0 Å². The molecule has 0 saturated carbocycles. The Morgan fingerprint density at radius 2 is 1.85 bits per heavy atom. The molecule has 68 valence electrons. The van der Waals surface area contributed by atoms with Crippen LogP contribution in [0.2, 0.25) is 0 Å². The fourth-order valence-electron chi connectivity index (χ4n) is 1.19. The van der Waals surface area contributed by atoms with E-state index in [1.54, 1.807) is 0 Å². The van der Waals surface area contributed by atoms with E-state index < -0.39 is 0 Å². The first-order valence-electron chi connectivity index (χ1n) is 4.28. The molecule has 1 nitrogen and oxygen atoms in total. The van der Waals surface area contributed by atoms with Crippen LogP contribution in [0.15, 0.2) is 43.0 Å². The second-order valence-corrected chi connectivity index (χ2v) is 3.05. The van der Waals surface area contributed by atoms with E-state index in [9.17, 15) is 0 Å². The molecular weight excluding hydrogens is 158 g/mol. The lowest BCUT2D eigenvalue weighted by atomic mass is 10.0. The molecule has 1 aromatic carbocycles. The third-order valence-electron chi connectivity index (χ3n) is 2.04. The summed E-state index contributed by atoms with van der Waals surface area (Å²) in [6.45, 7) is 9.84. The standard InChI is InChI=1S/C12H15N/c1-9(2)10(3)11-7-5-6-8-12(11)13-4/h5-8,13H,1,3H2,2,4H3. The Bertz CT molecular complexity index is 337. The summed E-state index contributed by atoms with van der Waals surface area (Å²) in [6, 6.07) is 8.08. The van der Waals surface area contributed by atoms with Gasteiger partial charge in [0.2, 0.25) is 0 Å². The maximum atomic E-state index is 3.99. The number of benzene rings is 1. The van der Waals surface area contributed by atoms with Crippen molar-refractivity contribution >= 4 is 11.3 Å². The topological polar surface area (TPSA) is 12.0 Å². The molecule has 0 radical (unpaired) electrons. The Morgan fingerprint density at radius 1 is 1.23 bits per heavy atom. The van der Waals surface area contributed by atoms with Crippen LogP contribution in [0.3, 0.4) is 0 Å². The van der Waals surface area contributed by atoms with Crippen LogP contribution >= 0.6 is 0 Å². The molecule has 0 aromatic heterocycles. The van der Waals surface area contributed by atoms with Crippen molar-refractivity contribution in [2.45, 2.75) is 6.92 Å². The molecule has 1 heteroatoms. The molecule has 0 aliphatic carbocycles. The van der Waals surface area contributed by atoms with Gasteiger partial charge in [0.15, 0.2) is 0 Å². The normalized spacial score (nSPS) is 9.38. The van der Waals surface area contributed by atoms with Crippen LogP contribution in [0.25, 0.3) is 5.57 Å². The molecule has 0 aliphatic heterocycles. The number of anilines is 1. The summed E-state index contributed by atoms with van der Waals surface area (Å²) < 4.78 is 0. The summed E-state index contributed by atoms with van der Waals surface area (Å²) in [5.74, 6) is 0. The van der Waals surface area contributed by atoms with Crippen molar-refractivity contribution in [2.75, 3.05) is 12.4 Å². The summed E-state index contributed by atoms with van der Waals surface area (Å²) in [5.41, 5.74) is 4.21. The van der Waals surface area contributed by atoms with Crippen molar-refractivity contribution in [1.29, 1.82) is 0 Å². The zero-order chi connectivity index (χ0) is 9.84. The Morgan fingerprint density at radius 3 is 2.38 bits per heavy atom. The van der Waals surface area contributed by atoms with Gasteiger partial charge in [0.05, 0.1) is 0 Å². The maximum absolute atomic E-state index is 3.99. The van der Waals surface area contributed by atoms with Gasteiger partial charge in [-0.3, -0.25) is 0 Å². The molecule has 1 rings (SSSR count). The van der Waals surface area contributed by atoms with Crippen LogP contribution < -0.4 is 5.32 Å². The molecule has 0 bridgehead atoms. The minimum Gasteiger partial charge on any atom is -0.388 e. The third-order valence-corrected chi connectivity index (χ3v) is 2.04. The summed E-state index contributed by atoms with van der Waals surface area (Å²) in [6.07, 6.45) is 0. The third kappa shape index (κ3) is 2.00. The van der Waals surface area contributed by atoms with Crippen LogP contribution in [0.5, 0.6) is 0 Å². The van der Waals surface area contributed by atoms with Crippen LogP contribution in [-0.4, -0.2) is 7.05 Å². The highest BCUT2D eigenvalue weighted by Gasteiger charge is 2.03. The Hall–Kier alpha value is -1.50. The highest BCUT2D eigenvalue weighted by molar-refractivity contribution is 5.83. The van der Waals surface area contributed by atoms with Gasteiger partial charge in [0.1, 0.15) is 0 Å². The minimum atomic E-state index is 0.991. The number of nitrogens with one attached hydrogen (secondary N) is 1.